The van der Waals surface area contributed by atoms with Crippen LogP contribution in [0.25, 0.3) is 10.2 Å². The van der Waals surface area contributed by atoms with Crippen molar-refractivity contribution in [3.8, 4) is 0 Å². The lowest BCUT2D eigenvalue weighted by Crippen LogP contribution is -2.40. The van der Waals surface area contributed by atoms with E-state index in [1.54, 1.807) is 11.3 Å². The van der Waals surface area contributed by atoms with E-state index in [1.807, 2.05) is 0 Å². The number of aromatic nitrogens is 2. The fourth-order valence-corrected chi connectivity index (χ4v) is 3.81. The number of hydrazine groups is 1. The monoisotopic (exact) mass is 291 g/mol. The third kappa shape index (κ3) is 2.45. The van der Waals surface area contributed by atoms with Crippen molar-refractivity contribution in [3.05, 3.63) is 10.9 Å². The molecule has 2 aromatic rings. The summed E-state index contributed by atoms with van der Waals surface area (Å²) in [5.41, 5.74) is 2.92. The van der Waals surface area contributed by atoms with Gasteiger partial charge in [0.05, 0.1) is 5.39 Å². The topological polar surface area (TPSA) is 67.1 Å². The number of thiophene rings is 1. The van der Waals surface area contributed by atoms with Gasteiger partial charge < -0.3 is 4.90 Å². The number of nitrogens with two attached hydrogens (primary N) is 1. The number of fused-ring (bicyclic) bond motifs is 1. The number of aryl methyl sites for hydroxylation is 1. The Morgan fingerprint density at radius 2 is 2.20 bits per heavy atom. The van der Waals surface area contributed by atoms with Gasteiger partial charge in [0.2, 0.25) is 5.95 Å². The minimum absolute atomic E-state index is 0.330. The summed E-state index contributed by atoms with van der Waals surface area (Å²) in [6.07, 6.45) is 2.47. The van der Waals surface area contributed by atoms with Crippen LogP contribution in [-0.4, -0.2) is 23.1 Å². The second kappa shape index (κ2) is 4.86. The Morgan fingerprint density at radius 1 is 1.40 bits per heavy atom. The minimum Gasteiger partial charge on any atom is -0.355 e. The zero-order valence-electron chi connectivity index (χ0n) is 12.2. The van der Waals surface area contributed by atoms with E-state index in [0.717, 1.165) is 29.1 Å². The Bertz CT molecular complexity index is 634. The van der Waals surface area contributed by atoms with Gasteiger partial charge >= 0.3 is 0 Å². The van der Waals surface area contributed by atoms with Crippen LogP contribution >= 0.6 is 11.3 Å². The zero-order valence-corrected chi connectivity index (χ0v) is 13.0. The molecule has 0 bridgehead atoms. The van der Waals surface area contributed by atoms with Crippen LogP contribution in [0.1, 0.15) is 31.6 Å². The number of hydrogen-bond donors (Lipinski definition) is 2. The first-order chi connectivity index (χ1) is 9.48. The van der Waals surface area contributed by atoms with E-state index in [4.69, 9.17) is 5.84 Å². The predicted molar refractivity (Wildman–Crippen MR) is 85.2 cm³/mol. The fraction of sp³-hybridized carbons (Fsp3) is 0.571. The van der Waals surface area contributed by atoms with Crippen molar-refractivity contribution in [3.63, 3.8) is 0 Å². The first-order valence-corrected chi connectivity index (χ1v) is 7.80. The van der Waals surface area contributed by atoms with Crippen molar-refractivity contribution in [2.45, 2.75) is 33.6 Å². The Labute approximate surface area is 123 Å². The molecular weight excluding hydrogens is 270 g/mol. The van der Waals surface area contributed by atoms with Gasteiger partial charge in [0.15, 0.2) is 0 Å². The highest BCUT2D eigenvalue weighted by Gasteiger charge is 2.28. The second-order valence-electron chi connectivity index (χ2n) is 6.28. The molecule has 0 aromatic carbocycles. The number of rotatable bonds is 2. The molecule has 1 aliphatic heterocycles. The first-order valence-electron chi connectivity index (χ1n) is 6.98. The standard InChI is InChI=1S/C14H21N5S/c1-9-7-10-11(16-13(18-15)17-12(10)20-9)19-6-4-5-14(2,3)8-19/h7H,4-6,8,15H2,1-3H3,(H,16,17,18). The summed E-state index contributed by atoms with van der Waals surface area (Å²) in [7, 11) is 0. The number of anilines is 2. The molecule has 0 amide bonds. The van der Waals surface area contributed by atoms with Gasteiger partial charge in [-0.25, -0.2) is 10.8 Å². The second-order valence-corrected chi connectivity index (χ2v) is 7.52. The normalized spacial score (nSPS) is 18.5. The Morgan fingerprint density at radius 3 is 2.90 bits per heavy atom. The van der Waals surface area contributed by atoms with E-state index in [9.17, 15) is 0 Å². The number of hydrogen-bond acceptors (Lipinski definition) is 6. The molecule has 0 radical (unpaired) electrons. The van der Waals surface area contributed by atoms with Crippen molar-refractivity contribution >= 4 is 33.3 Å². The maximum atomic E-state index is 5.51. The van der Waals surface area contributed by atoms with Crippen LogP contribution in [0.15, 0.2) is 6.07 Å². The molecule has 108 valence electrons. The minimum atomic E-state index is 0.330. The molecule has 2 aromatic heterocycles. The van der Waals surface area contributed by atoms with Gasteiger partial charge in [0.1, 0.15) is 10.6 Å². The summed E-state index contributed by atoms with van der Waals surface area (Å²) in [6, 6.07) is 2.18. The number of nitrogen functional groups attached to an aromatic ring is 1. The van der Waals surface area contributed by atoms with Crippen molar-refractivity contribution in [2.24, 2.45) is 11.3 Å². The van der Waals surface area contributed by atoms with Crippen molar-refractivity contribution in [1.82, 2.24) is 9.97 Å². The van der Waals surface area contributed by atoms with Gasteiger partial charge in [-0.1, -0.05) is 13.8 Å². The lowest BCUT2D eigenvalue weighted by Gasteiger charge is -2.39. The van der Waals surface area contributed by atoms with Crippen LogP contribution in [0.5, 0.6) is 0 Å². The first kappa shape index (κ1) is 13.6. The highest BCUT2D eigenvalue weighted by atomic mass is 32.1. The average Bonchev–Trinajstić information content (AvgIpc) is 2.76. The molecule has 1 fully saturated rings. The molecule has 1 saturated heterocycles. The summed E-state index contributed by atoms with van der Waals surface area (Å²) < 4.78 is 0. The molecule has 3 rings (SSSR count). The maximum Gasteiger partial charge on any atom is 0.240 e. The third-order valence-corrected chi connectivity index (χ3v) is 4.77. The smallest absolute Gasteiger partial charge is 0.240 e. The van der Waals surface area contributed by atoms with E-state index in [1.165, 1.54) is 17.7 Å². The van der Waals surface area contributed by atoms with E-state index in [-0.39, 0.29) is 0 Å². The average molecular weight is 291 g/mol. The molecule has 20 heavy (non-hydrogen) atoms. The third-order valence-electron chi connectivity index (χ3n) is 3.82. The van der Waals surface area contributed by atoms with Crippen LogP contribution in [0, 0.1) is 12.3 Å². The summed E-state index contributed by atoms with van der Waals surface area (Å²) in [5, 5.41) is 1.14. The molecule has 3 heterocycles. The molecule has 1 aliphatic rings. The summed E-state index contributed by atoms with van der Waals surface area (Å²) in [4.78, 5) is 13.7. The molecule has 0 saturated carbocycles. The highest BCUT2D eigenvalue weighted by Crippen LogP contribution is 2.36. The highest BCUT2D eigenvalue weighted by molar-refractivity contribution is 7.18. The SMILES string of the molecule is Cc1cc2c(N3CCCC(C)(C)C3)nc(NN)nc2s1. The van der Waals surface area contributed by atoms with Crippen molar-refractivity contribution in [1.29, 1.82) is 0 Å². The summed E-state index contributed by atoms with van der Waals surface area (Å²) in [6.45, 7) is 8.81. The van der Waals surface area contributed by atoms with Crippen LogP contribution in [-0.2, 0) is 0 Å². The predicted octanol–water partition coefficient (Wildman–Crippen LogP) is 2.91. The van der Waals surface area contributed by atoms with Gasteiger partial charge in [0, 0.05) is 18.0 Å². The van der Waals surface area contributed by atoms with Crippen LogP contribution in [0.2, 0.25) is 0 Å². The lowest BCUT2D eigenvalue weighted by atomic mass is 9.84. The van der Waals surface area contributed by atoms with E-state index >= 15 is 0 Å². The Hall–Kier alpha value is -1.40. The molecule has 0 atom stereocenters. The largest absolute Gasteiger partial charge is 0.355 e. The zero-order chi connectivity index (χ0) is 14.3. The molecule has 0 unspecified atom stereocenters. The van der Waals surface area contributed by atoms with E-state index < -0.39 is 0 Å². The van der Waals surface area contributed by atoms with Crippen molar-refractivity contribution in [2.75, 3.05) is 23.4 Å². The van der Waals surface area contributed by atoms with Gasteiger partial charge in [-0.3, -0.25) is 5.43 Å². The van der Waals surface area contributed by atoms with Gasteiger partial charge in [0.25, 0.3) is 0 Å². The van der Waals surface area contributed by atoms with Crippen LogP contribution in [0.4, 0.5) is 11.8 Å². The summed E-state index contributed by atoms with van der Waals surface area (Å²) >= 11 is 1.69. The summed E-state index contributed by atoms with van der Waals surface area (Å²) in [5.74, 6) is 7.02. The van der Waals surface area contributed by atoms with Crippen molar-refractivity contribution < 1.29 is 0 Å². The van der Waals surface area contributed by atoms with Crippen LogP contribution in [0.3, 0.4) is 0 Å². The van der Waals surface area contributed by atoms with Crippen LogP contribution < -0.4 is 16.2 Å². The number of nitrogens with zero attached hydrogens (tertiary/aromatic N) is 3. The van der Waals surface area contributed by atoms with Gasteiger partial charge in [-0.2, -0.15) is 4.98 Å². The Kier molecular flexibility index (Phi) is 3.30. The van der Waals surface area contributed by atoms with Gasteiger partial charge in [-0.15, -0.1) is 11.3 Å². The molecule has 0 spiro atoms. The molecule has 6 heteroatoms. The molecule has 0 aliphatic carbocycles. The lowest BCUT2D eigenvalue weighted by molar-refractivity contribution is 0.292. The maximum absolute atomic E-state index is 5.51. The quantitative estimate of drug-likeness (QED) is 0.658. The number of nitrogens with one attached hydrogen (secondary N) is 1. The fourth-order valence-electron chi connectivity index (χ4n) is 2.94. The molecule has 3 N–H and O–H groups in total. The molecular formula is C14H21N5S. The Balaban J connectivity index is 2.09. The molecule has 5 nitrogen and oxygen atoms in total. The van der Waals surface area contributed by atoms with E-state index in [2.05, 4.69) is 47.1 Å². The van der Waals surface area contributed by atoms with Gasteiger partial charge in [-0.05, 0) is 31.2 Å². The van der Waals surface area contributed by atoms with E-state index in [0.29, 0.717) is 11.4 Å². The number of piperidine rings is 1.